The minimum atomic E-state index is -0.456. The number of fused-ring (bicyclic) bond motifs is 3. The monoisotopic (exact) mass is 477 g/mol. The lowest BCUT2D eigenvalue weighted by Gasteiger charge is -2.09. The summed E-state index contributed by atoms with van der Waals surface area (Å²) in [6.45, 7) is 3.88. The largest absolute Gasteiger partial charge is 0.465 e. The molecule has 31 heavy (non-hydrogen) atoms. The maximum atomic E-state index is 12.6. The summed E-state index contributed by atoms with van der Waals surface area (Å²) in [6.07, 6.45) is 4.85. The number of hydrogen-bond donors (Lipinski definition) is 2. The summed E-state index contributed by atoms with van der Waals surface area (Å²) >= 11 is 4.13. The number of hydrogen-bond acceptors (Lipinski definition) is 8. The van der Waals surface area contributed by atoms with Gasteiger partial charge in [0, 0.05) is 9.75 Å². The predicted molar refractivity (Wildman–Crippen MR) is 126 cm³/mol. The number of ether oxygens (including phenoxy) is 1. The molecule has 1 aliphatic carbocycles. The van der Waals surface area contributed by atoms with E-state index in [2.05, 4.69) is 15.3 Å². The number of aromatic amines is 1. The molecule has 7 nitrogen and oxygen atoms in total. The molecule has 0 saturated heterocycles. The van der Waals surface area contributed by atoms with Crippen LogP contribution in [0.15, 0.2) is 9.95 Å². The molecule has 0 spiro atoms. The van der Waals surface area contributed by atoms with E-state index in [-0.39, 0.29) is 17.2 Å². The number of thioether (sulfide) groups is 1. The van der Waals surface area contributed by atoms with E-state index in [0.717, 1.165) is 46.5 Å². The van der Waals surface area contributed by atoms with E-state index in [1.807, 2.05) is 13.8 Å². The molecule has 10 heteroatoms. The number of carbonyl (C=O) groups excluding carboxylic acids is 2. The van der Waals surface area contributed by atoms with Crippen LogP contribution in [0.1, 0.15) is 51.0 Å². The molecule has 0 fully saturated rings. The van der Waals surface area contributed by atoms with Gasteiger partial charge in [0.15, 0.2) is 5.16 Å². The van der Waals surface area contributed by atoms with Crippen molar-refractivity contribution in [2.45, 2.75) is 51.1 Å². The molecule has 2 N–H and O–H groups in total. The van der Waals surface area contributed by atoms with E-state index < -0.39 is 5.97 Å². The molecule has 3 heterocycles. The van der Waals surface area contributed by atoms with Crippen molar-refractivity contribution in [3.05, 3.63) is 36.8 Å². The molecule has 0 atom stereocenters. The number of methoxy groups -OCH3 is 1. The van der Waals surface area contributed by atoms with Crippen LogP contribution in [0, 0.1) is 6.92 Å². The summed E-state index contributed by atoms with van der Waals surface area (Å²) < 4.78 is 4.89. The number of nitrogens with zero attached hydrogens (tertiary/aromatic N) is 1. The van der Waals surface area contributed by atoms with Crippen molar-refractivity contribution in [3.63, 3.8) is 0 Å². The molecule has 0 bridgehead atoms. The zero-order valence-corrected chi connectivity index (χ0v) is 20.0. The zero-order valence-electron chi connectivity index (χ0n) is 17.5. The Bertz CT molecular complexity index is 1220. The first-order valence-corrected chi connectivity index (χ1v) is 12.7. The predicted octanol–water partition coefficient (Wildman–Crippen LogP) is 4.31. The van der Waals surface area contributed by atoms with Crippen molar-refractivity contribution in [1.29, 1.82) is 0 Å². The Morgan fingerprint density at radius 2 is 2.03 bits per heavy atom. The summed E-state index contributed by atoms with van der Waals surface area (Å²) in [5.41, 5.74) is 2.31. The summed E-state index contributed by atoms with van der Waals surface area (Å²) in [7, 11) is 1.33. The molecule has 0 aliphatic heterocycles. The molecule has 1 aliphatic rings. The Morgan fingerprint density at radius 3 is 2.77 bits per heavy atom. The van der Waals surface area contributed by atoms with Gasteiger partial charge in [0.1, 0.15) is 9.83 Å². The number of amides is 1. The van der Waals surface area contributed by atoms with Crippen LogP contribution in [0.3, 0.4) is 0 Å². The highest BCUT2D eigenvalue weighted by Gasteiger charge is 2.23. The van der Waals surface area contributed by atoms with Crippen LogP contribution in [0.4, 0.5) is 5.00 Å². The van der Waals surface area contributed by atoms with Gasteiger partial charge in [0.05, 0.1) is 23.8 Å². The van der Waals surface area contributed by atoms with E-state index in [0.29, 0.717) is 27.5 Å². The van der Waals surface area contributed by atoms with Gasteiger partial charge in [0.2, 0.25) is 5.91 Å². The van der Waals surface area contributed by atoms with Gasteiger partial charge in [-0.25, -0.2) is 9.78 Å². The molecule has 0 aromatic carbocycles. The first kappa shape index (κ1) is 22.0. The zero-order chi connectivity index (χ0) is 22.1. The fourth-order valence-corrected chi connectivity index (χ4v) is 7.05. The molecular weight excluding hydrogens is 454 g/mol. The Balaban J connectivity index is 1.50. The second kappa shape index (κ2) is 9.13. The number of anilines is 1. The van der Waals surface area contributed by atoms with Crippen molar-refractivity contribution < 1.29 is 14.3 Å². The third kappa shape index (κ3) is 4.28. The van der Waals surface area contributed by atoms with Gasteiger partial charge < -0.3 is 15.0 Å². The van der Waals surface area contributed by atoms with Crippen LogP contribution in [-0.2, 0) is 28.8 Å². The minimum Gasteiger partial charge on any atom is -0.465 e. The first-order valence-electron chi connectivity index (χ1n) is 10.1. The van der Waals surface area contributed by atoms with Crippen LogP contribution in [0.5, 0.6) is 0 Å². The number of carbonyl (C=O) groups is 2. The fourth-order valence-electron chi connectivity index (χ4n) is 3.92. The first-order chi connectivity index (χ1) is 14.9. The second-order valence-corrected chi connectivity index (χ2v) is 10.6. The number of aryl methyl sites for hydroxylation is 3. The number of rotatable bonds is 6. The maximum Gasteiger partial charge on any atom is 0.341 e. The van der Waals surface area contributed by atoms with E-state index in [1.54, 1.807) is 11.3 Å². The van der Waals surface area contributed by atoms with Gasteiger partial charge in [-0.2, -0.15) is 0 Å². The summed E-state index contributed by atoms with van der Waals surface area (Å²) in [4.78, 5) is 47.8. The minimum absolute atomic E-state index is 0.0680. The molecule has 3 aromatic heterocycles. The topological polar surface area (TPSA) is 101 Å². The lowest BCUT2D eigenvalue weighted by Crippen LogP contribution is -2.17. The number of esters is 1. The highest BCUT2D eigenvalue weighted by atomic mass is 32.2. The van der Waals surface area contributed by atoms with Crippen LogP contribution in [0.2, 0.25) is 0 Å². The highest BCUT2D eigenvalue weighted by molar-refractivity contribution is 7.99. The van der Waals surface area contributed by atoms with Crippen molar-refractivity contribution in [2.75, 3.05) is 18.2 Å². The normalized spacial score (nSPS) is 13.3. The Hall–Kier alpha value is -2.17. The van der Waals surface area contributed by atoms with E-state index in [1.165, 1.54) is 35.1 Å². The number of thiophene rings is 2. The van der Waals surface area contributed by atoms with Crippen LogP contribution >= 0.6 is 34.4 Å². The van der Waals surface area contributed by atoms with Gasteiger partial charge >= 0.3 is 5.97 Å². The summed E-state index contributed by atoms with van der Waals surface area (Å²) in [5.74, 6) is -0.659. The number of aromatic nitrogens is 2. The van der Waals surface area contributed by atoms with Gasteiger partial charge in [-0.15, -0.1) is 22.7 Å². The smallest absolute Gasteiger partial charge is 0.341 e. The standard InChI is InChI=1S/C21H23N3O4S3/c1-4-11-10(2)30-19(16(11)20(27)28-3)22-14(25)9-29-21-23-17(26)15-12-7-5-6-8-13(12)31-18(15)24-21/h4-9H2,1-3H3,(H,22,25)(H,23,24,26). The number of H-pyrrole nitrogens is 1. The summed E-state index contributed by atoms with van der Waals surface area (Å²) in [6, 6.07) is 0. The third-order valence-electron chi connectivity index (χ3n) is 5.35. The van der Waals surface area contributed by atoms with Crippen molar-refractivity contribution in [1.82, 2.24) is 9.97 Å². The average molecular weight is 478 g/mol. The van der Waals surface area contributed by atoms with Gasteiger partial charge in [-0.05, 0) is 50.2 Å². The van der Waals surface area contributed by atoms with Crippen LogP contribution < -0.4 is 10.9 Å². The Kier molecular flexibility index (Phi) is 6.49. The molecule has 4 rings (SSSR count). The fraction of sp³-hybridized carbons (Fsp3) is 0.429. The van der Waals surface area contributed by atoms with E-state index in [9.17, 15) is 14.4 Å². The molecule has 0 saturated carbocycles. The lowest BCUT2D eigenvalue weighted by molar-refractivity contribution is -0.113. The molecule has 3 aromatic rings. The Morgan fingerprint density at radius 1 is 1.26 bits per heavy atom. The SMILES string of the molecule is CCc1c(C)sc(NC(=O)CSc2nc3sc4c(c3c(=O)[nH]2)CCCC4)c1C(=O)OC. The lowest BCUT2D eigenvalue weighted by atomic mass is 9.97. The van der Waals surface area contributed by atoms with Gasteiger partial charge in [-0.1, -0.05) is 18.7 Å². The van der Waals surface area contributed by atoms with Crippen molar-refractivity contribution in [2.24, 2.45) is 0 Å². The molecule has 0 radical (unpaired) electrons. The second-order valence-electron chi connectivity index (χ2n) is 7.29. The molecule has 0 unspecified atom stereocenters. The van der Waals surface area contributed by atoms with Crippen molar-refractivity contribution >= 4 is 61.5 Å². The van der Waals surface area contributed by atoms with E-state index in [4.69, 9.17) is 4.74 Å². The molecule has 1 amide bonds. The van der Waals surface area contributed by atoms with E-state index >= 15 is 0 Å². The molecule has 164 valence electrons. The van der Waals surface area contributed by atoms with Crippen molar-refractivity contribution in [3.8, 4) is 0 Å². The maximum absolute atomic E-state index is 12.6. The summed E-state index contributed by atoms with van der Waals surface area (Å²) in [5, 5.41) is 4.45. The third-order valence-corrected chi connectivity index (χ3v) is 8.47. The van der Waals surface area contributed by atoms with Crippen LogP contribution in [-0.4, -0.2) is 34.7 Å². The highest BCUT2D eigenvalue weighted by Crippen LogP contribution is 2.35. The molecular formula is C21H23N3O4S3. The quantitative estimate of drug-likeness (QED) is 0.312. The average Bonchev–Trinajstić information content (AvgIpc) is 3.28. The Labute approximate surface area is 191 Å². The van der Waals surface area contributed by atoms with Crippen LogP contribution in [0.25, 0.3) is 10.2 Å². The van der Waals surface area contributed by atoms with Gasteiger partial charge in [0.25, 0.3) is 5.56 Å². The van der Waals surface area contributed by atoms with Gasteiger partial charge in [-0.3, -0.25) is 9.59 Å². The number of nitrogens with one attached hydrogen (secondary N) is 2.